The Kier molecular flexibility index (Phi) is 7.74. The lowest BCUT2D eigenvalue weighted by Crippen LogP contribution is -2.29. The van der Waals surface area contributed by atoms with Crippen LogP contribution >= 0.6 is 11.6 Å². The van der Waals surface area contributed by atoms with Crippen LogP contribution in [0.3, 0.4) is 0 Å². The number of carbonyl (C=O) groups excluding carboxylic acids is 2. The van der Waals surface area contributed by atoms with E-state index in [1.165, 1.54) is 18.1 Å². The molecule has 1 saturated heterocycles. The van der Waals surface area contributed by atoms with Crippen LogP contribution < -0.4 is 19.3 Å². The van der Waals surface area contributed by atoms with Crippen molar-refractivity contribution < 1.29 is 24.2 Å². The normalized spacial score (nSPS) is 16.7. The average Bonchev–Trinajstić information content (AvgIpc) is 3.19. The molecule has 192 valence electrons. The van der Waals surface area contributed by atoms with Crippen LogP contribution in [0.4, 0.5) is 11.4 Å². The number of aliphatic hydroxyl groups excluding tert-OH is 1. The summed E-state index contributed by atoms with van der Waals surface area (Å²) in [7, 11) is 3.05. The molecule has 0 bridgehead atoms. The highest BCUT2D eigenvalue weighted by Gasteiger charge is 2.47. The Morgan fingerprint density at radius 3 is 2.08 bits per heavy atom. The molecule has 1 amide bonds. The highest BCUT2D eigenvalue weighted by molar-refractivity contribution is 6.52. The fourth-order valence-corrected chi connectivity index (χ4v) is 4.78. The molecule has 7 nitrogen and oxygen atoms in total. The van der Waals surface area contributed by atoms with Gasteiger partial charge >= 0.3 is 0 Å². The summed E-state index contributed by atoms with van der Waals surface area (Å²) in [5, 5.41) is 11.6. The zero-order chi connectivity index (χ0) is 26.7. The fraction of sp³-hybridized carbons (Fsp3) is 0.241. The molecule has 1 heterocycles. The van der Waals surface area contributed by atoms with E-state index in [-0.39, 0.29) is 21.9 Å². The van der Waals surface area contributed by atoms with Gasteiger partial charge in [0.25, 0.3) is 11.7 Å². The Hall–Kier alpha value is -3.97. The molecule has 8 heteroatoms. The smallest absolute Gasteiger partial charge is 0.300 e. The maximum Gasteiger partial charge on any atom is 0.300 e. The monoisotopic (exact) mass is 520 g/mol. The topological polar surface area (TPSA) is 79.3 Å². The third-order valence-corrected chi connectivity index (χ3v) is 6.89. The second-order valence-electron chi connectivity index (χ2n) is 8.48. The predicted molar refractivity (Wildman–Crippen MR) is 146 cm³/mol. The number of hydrogen-bond donors (Lipinski definition) is 1. The van der Waals surface area contributed by atoms with Gasteiger partial charge in [0.1, 0.15) is 17.3 Å². The minimum absolute atomic E-state index is 0.0573. The van der Waals surface area contributed by atoms with E-state index in [9.17, 15) is 14.7 Å². The van der Waals surface area contributed by atoms with Gasteiger partial charge in [-0.15, -0.1) is 0 Å². The van der Waals surface area contributed by atoms with Gasteiger partial charge in [0.2, 0.25) is 0 Å². The van der Waals surface area contributed by atoms with Crippen LogP contribution in [0.1, 0.15) is 31.0 Å². The van der Waals surface area contributed by atoms with Gasteiger partial charge in [-0.1, -0.05) is 23.7 Å². The van der Waals surface area contributed by atoms with Crippen LogP contribution in [0.2, 0.25) is 5.02 Å². The Balaban J connectivity index is 1.90. The molecule has 0 spiro atoms. The highest BCUT2D eigenvalue weighted by Crippen LogP contribution is 2.44. The molecule has 0 aromatic heterocycles. The van der Waals surface area contributed by atoms with E-state index >= 15 is 0 Å². The third-order valence-electron chi connectivity index (χ3n) is 6.56. The zero-order valence-corrected chi connectivity index (χ0v) is 22.0. The second kappa shape index (κ2) is 11.0. The minimum Gasteiger partial charge on any atom is -0.507 e. The van der Waals surface area contributed by atoms with Gasteiger partial charge in [-0.25, -0.2) is 0 Å². The number of methoxy groups -OCH3 is 2. The largest absolute Gasteiger partial charge is 0.507 e. The van der Waals surface area contributed by atoms with E-state index in [1.807, 2.05) is 24.3 Å². The molecule has 1 aliphatic heterocycles. The van der Waals surface area contributed by atoms with Crippen molar-refractivity contribution >= 4 is 40.4 Å². The maximum absolute atomic E-state index is 13.4. The molecule has 1 N–H and O–H groups in total. The van der Waals surface area contributed by atoms with Crippen molar-refractivity contribution in [2.24, 2.45) is 0 Å². The van der Waals surface area contributed by atoms with E-state index in [0.717, 1.165) is 18.8 Å². The van der Waals surface area contributed by atoms with E-state index in [4.69, 9.17) is 21.1 Å². The fourth-order valence-electron chi connectivity index (χ4n) is 4.57. The van der Waals surface area contributed by atoms with Gasteiger partial charge in [0.15, 0.2) is 0 Å². The van der Waals surface area contributed by atoms with Crippen molar-refractivity contribution in [1.29, 1.82) is 0 Å². The molecule has 0 radical (unpaired) electrons. The molecule has 0 saturated carbocycles. The van der Waals surface area contributed by atoms with Crippen LogP contribution in [-0.4, -0.2) is 44.1 Å². The van der Waals surface area contributed by atoms with E-state index in [1.54, 1.807) is 43.5 Å². The van der Waals surface area contributed by atoms with Gasteiger partial charge in [-0.05, 0) is 74.0 Å². The first-order valence-corrected chi connectivity index (χ1v) is 12.4. The number of nitrogens with zero attached hydrogens (tertiary/aromatic N) is 2. The summed E-state index contributed by atoms with van der Waals surface area (Å²) in [6.45, 7) is 5.83. The quantitative estimate of drug-likeness (QED) is 0.229. The number of ketones is 1. The van der Waals surface area contributed by atoms with Crippen LogP contribution in [-0.2, 0) is 9.59 Å². The predicted octanol–water partition coefficient (Wildman–Crippen LogP) is 5.83. The third kappa shape index (κ3) is 4.87. The average molecular weight is 521 g/mol. The lowest BCUT2D eigenvalue weighted by atomic mass is 9.95. The van der Waals surface area contributed by atoms with Crippen LogP contribution in [0.5, 0.6) is 11.5 Å². The van der Waals surface area contributed by atoms with Crippen LogP contribution in [0.25, 0.3) is 5.76 Å². The van der Waals surface area contributed by atoms with Gasteiger partial charge in [0.05, 0.1) is 30.9 Å². The number of halogens is 1. The molecule has 1 atom stereocenters. The van der Waals surface area contributed by atoms with Crippen molar-refractivity contribution in [2.45, 2.75) is 19.9 Å². The maximum atomic E-state index is 13.4. The lowest BCUT2D eigenvalue weighted by Gasteiger charge is -2.27. The number of Topliss-reactive ketones (excluding diaryl/α,β-unsaturated/α-hetero) is 1. The molecule has 37 heavy (non-hydrogen) atoms. The number of aliphatic hydroxyl groups is 1. The van der Waals surface area contributed by atoms with Gasteiger partial charge < -0.3 is 19.5 Å². The molecule has 0 aliphatic carbocycles. The number of amides is 1. The number of anilines is 2. The number of carbonyl (C=O) groups is 2. The molecule has 1 fully saturated rings. The van der Waals surface area contributed by atoms with Crippen molar-refractivity contribution in [3.8, 4) is 11.5 Å². The Morgan fingerprint density at radius 1 is 0.919 bits per heavy atom. The summed E-state index contributed by atoms with van der Waals surface area (Å²) in [6.07, 6.45) is 0. The summed E-state index contributed by atoms with van der Waals surface area (Å²) in [4.78, 5) is 30.5. The highest BCUT2D eigenvalue weighted by atomic mass is 35.5. The van der Waals surface area contributed by atoms with Crippen molar-refractivity contribution in [3.63, 3.8) is 0 Å². The number of ether oxygens (including phenoxy) is 2. The van der Waals surface area contributed by atoms with E-state index < -0.39 is 17.7 Å². The molecule has 1 unspecified atom stereocenters. The first-order valence-electron chi connectivity index (χ1n) is 12.0. The Labute approximate surface area is 221 Å². The number of rotatable bonds is 8. The summed E-state index contributed by atoms with van der Waals surface area (Å²) in [5.74, 6) is -0.833. The van der Waals surface area contributed by atoms with Crippen molar-refractivity contribution in [1.82, 2.24) is 0 Å². The van der Waals surface area contributed by atoms with E-state index in [0.29, 0.717) is 22.7 Å². The summed E-state index contributed by atoms with van der Waals surface area (Å²) in [5.41, 5.74) is 2.32. The molecule has 4 rings (SSSR count). The molecule has 3 aromatic carbocycles. The Bertz CT molecular complexity index is 1330. The molecular formula is C29H29ClN2O5. The summed E-state index contributed by atoms with van der Waals surface area (Å²) >= 11 is 6.39. The lowest BCUT2D eigenvalue weighted by molar-refractivity contribution is -0.132. The summed E-state index contributed by atoms with van der Waals surface area (Å²) < 4.78 is 10.6. The molecule has 1 aliphatic rings. The van der Waals surface area contributed by atoms with Crippen molar-refractivity contribution in [2.75, 3.05) is 37.1 Å². The molecule has 3 aromatic rings. The van der Waals surface area contributed by atoms with Gasteiger partial charge in [-0.3, -0.25) is 14.5 Å². The van der Waals surface area contributed by atoms with Crippen LogP contribution in [0, 0.1) is 0 Å². The van der Waals surface area contributed by atoms with Gasteiger partial charge in [0, 0.05) is 30.0 Å². The van der Waals surface area contributed by atoms with Crippen molar-refractivity contribution in [3.05, 3.63) is 88.5 Å². The molecular weight excluding hydrogens is 492 g/mol. The first kappa shape index (κ1) is 26.1. The Morgan fingerprint density at radius 2 is 1.51 bits per heavy atom. The summed E-state index contributed by atoms with van der Waals surface area (Å²) in [6, 6.07) is 18.4. The first-order chi connectivity index (χ1) is 17.8. The SMILES string of the molecule is CCN(CC)c1ccc(N2C(=O)C(=O)/C(=C(/O)c3cc(OC)ccc3Cl)C2c2ccc(OC)cc2)cc1. The van der Waals surface area contributed by atoms with E-state index in [2.05, 4.69) is 18.7 Å². The number of benzene rings is 3. The zero-order valence-electron chi connectivity index (χ0n) is 21.2. The number of hydrogen-bond acceptors (Lipinski definition) is 6. The van der Waals surface area contributed by atoms with Crippen LogP contribution in [0.15, 0.2) is 72.3 Å². The minimum atomic E-state index is -0.882. The van der Waals surface area contributed by atoms with Gasteiger partial charge in [-0.2, -0.15) is 0 Å². The standard InChI is InChI=1S/C29H29ClN2O5/c1-5-31(6-2)19-9-11-20(12-10-19)32-26(18-7-13-21(36-3)14-8-18)25(28(34)29(32)35)27(33)23-17-22(37-4)15-16-24(23)30/h7-17,26,33H,5-6H2,1-4H3/b27-25+. The second-order valence-corrected chi connectivity index (χ2v) is 8.88.